The number of carbonyl (C=O) groups excluding carboxylic acids is 1. The summed E-state index contributed by atoms with van der Waals surface area (Å²) in [5, 5.41) is 2.68. The molecule has 0 saturated heterocycles. The molecule has 7 heteroatoms. The highest BCUT2D eigenvalue weighted by Gasteiger charge is 2.22. The van der Waals surface area contributed by atoms with Gasteiger partial charge in [-0.3, -0.25) is 4.79 Å². The Hall–Kier alpha value is -3.87. The molecule has 6 nitrogen and oxygen atoms in total. The number of nitrogens with one attached hydrogen (secondary N) is 1. The molecule has 1 atom stereocenters. The smallest absolute Gasteiger partial charge is 0.227 e. The van der Waals surface area contributed by atoms with E-state index in [1.54, 1.807) is 13.0 Å². The van der Waals surface area contributed by atoms with Crippen molar-refractivity contribution in [2.75, 3.05) is 6.61 Å². The summed E-state index contributed by atoms with van der Waals surface area (Å²) >= 11 is 0. The van der Waals surface area contributed by atoms with Gasteiger partial charge in [0.1, 0.15) is 28.6 Å². The molecule has 0 radical (unpaired) electrons. The van der Waals surface area contributed by atoms with E-state index < -0.39 is 11.9 Å². The molecule has 5 rings (SSSR count). The van der Waals surface area contributed by atoms with Crippen LogP contribution >= 0.6 is 0 Å². The lowest BCUT2D eigenvalue weighted by Crippen LogP contribution is -2.24. The average Bonchev–Trinajstić information content (AvgIpc) is 3.55. The van der Waals surface area contributed by atoms with Crippen LogP contribution in [0.3, 0.4) is 0 Å². The molecule has 1 aliphatic carbocycles. The summed E-state index contributed by atoms with van der Waals surface area (Å²) in [5.74, 6) is 2.54. The Morgan fingerprint density at radius 2 is 1.88 bits per heavy atom. The minimum Gasteiger partial charge on any atom is -0.493 e. The quantitative estimate of drug-likeness (QED) is 0.329. The van der Waals surface area contributed by atoms with E-state index in [9.17, 15) is 9.18 Å². The maximum atomic E-state index is 14.6. The number of fused-ring (bicyclic) bond motifs is 1. The highest BCUT2D eigenvalue weighted by molar-refractivity contribution is 5.78. The van der Waals surface area contributed by atoms with Crippen LogP contribution in [0.15, 0.2) is 65.1 Å². The Labute approximate surface area is 196 Å². The van der Waals surface area contributed by atoms with Crippen LogP contribution in [-0.4, -0.2) is 17.5 Å². The number of rotatable bonds is 8. The molecule has 1 saturated carbocycles. The molecule has 4 aromatic rings. The number of nitrogens with zero attached hydrogens (tertiary/aromatic N) is 1. The lowest BCUT2D eigenvalue weighted by atomic mass is 10.1. The normalized spacial score (nSPS) is 14.1. The van der Waals surface area contributed by atoms with Gasteiger partial charge in [-0.05, 0) is 68.1 Å². The van der Waals surface area contributed by atoms with E-state index in [1.807, 2.05) is 48.5 Å². The monoisotopic (exact) mass is 460 g/mol. The zero-order valence-electron chi connectivity index (χ0n) is 19.0. The Kier molecular flexibility index (Phi) is 5.92. The molecular formula is C27H25FN2O4. The molecular weight excluding hydrogens is 435 g/mol. The first kappa shape index (κ1) is 21.9. The van der Waals surface area contributed by atoms with E-state index in [-0.39, 0.29) is 5.91 Å². The van der Waals surface area contributed by atoms with E-state index >= 15 is 0 Å². The maximum absolute atomic E-state index is 14.6. The maximum Gasteiger partial charge on any atom is 0.227 e. The topological polar surface area (TPSA) is 73.6 Å². The molecule has 1 unspecified atom stereocenters. The van der Waals surface area contributed by atoms with Crippen molar-refractivity contribution < 1.29 is 23.1 Å². The molecule has 0 bridgehead atoms. The van der Waals surface area contributed by atoms with Gasteiger partial charge in [-0.15, -0.1) is 0 Å². The number of oxazole rings is 1. The van der Waals surface area contributed by atoms with Crippen LogP contribution in [0.5, 0.6) is 17.2 Å². The fourth-order valence-electron chi connectivity index (χ4n) is 3.73. The van der Waals surface area contributed by atoms with Gasteiger partial charge in [0.2, 0.25) is 11.8 Å². The van der Waals surface area contributed by atoms with Crippen molar-refractivity contribution >= 4 is 17.0 Å². The summed E-state index contributed by atoms with van der Waals surface area (Å²) in [5.41, 5.74) is 1.95. The van der Waals surface area contributed by atoms with Crippen molar-refractivity contribution in [3.8, 4) is 28.7 Å². The Morgan fingerprint density at radius 1 is 1.12 bits per heavy atom. The van der Waals surface area contributed by atoms with Gasteiger partial charge >= 0.3 is 0 Å². The number of amides is 1. The van der Waals surface area contributed by atoms with Gasteiger partial charge in [0.25, 0.3) is 0 Å². The van der Waals surface area contributed by atoms with E-state index in [0.717, 1.165) is 17.9 Å². The molecule has 0 spiro atoms. The molecule has 1 fully saturated rings. The predicted molar refractivity (Wildman–Crippen MR) is 126 cm³/mol. The molecule has 34 heavy (non-hydrogen) atoms. The lowest BCUT2D eigenvalue weighted by Gasteiger charge is -2.13. The Bertz CT molecular complexity index is 1330. The first-order valence-corrected chi connectivity index (χ1v) is 11.3. The van der Waals surface area contributed by atoms with Crippen LogP contribution in [0.1, 0.15) is 38.3 Å². The second-order valence-corrected chi connectivity index (χ2v) is 8.64. The SMILES string of the molecule is CC(=O)NC(C)c1cc2oc(-c3ccc(Oc4cccc(OCC5CC5)c4)cc3)nc2cc1F. The largest absolute Gasteiger partial charge is 0.493 e. The van der Waals surface area contributed by atoms with Crippen LogP contribution in [0.4, 0.5) is 4.39 Å². The molecule has 0 aliphatic heterocycles. The van der Waals surface area contributed by atoms with Crippen LogP contribution in [-0.2, 0) is 4.79 Å². The molecule has 1 N–H and O–H groups in total. The van der Waals surface area contributed by atoms with E-state index in [1.165, 1.54) is 25.8 Å². The summed E-state index contributed by atoms with van der Waals surface area (Å²) in [7, 11) is 0. The zero-order valence-corrected chi connectivity index (χ0v) is 19.0. The summed E-state index contributed by atoms with van der Waals surface area (Å²) in [6, 6.07) is 17.3. The van der Waals surface area contributed by atoms with Crippen molar-refractivity contribution in [1.29, 1.82) is 0 Å². The van der Waals surface area contributed by atoms with Gasteiger partial charge < -0.3 is 19.2 Å². The highest BCUT2D eigenvalue weighted by atomic mass is 19.1. The first-order chi connectivity index (χ1) is 16.4. The average molecular weight is 461 g/mol. The zero-order chi connectivity index (χ0) is 23.7. The number of halogens is 1. The minimum atomic E-state index is -0.482. The number of benzene rings is 3. The van der Waals surface area contributed by atoms with Gasteiger partial charge in [-0.2, -0.15) is 0 Å². The van der Waals surface area contributed by atoms with Crippen molar-refractivity contribution in [3.05, 3.63) is 72.0 Å². The van der Waals surface area contributed by atoms with Crippen LogP contribution in [0, 0.1) is 11.7 Å². The molecule has 1 aliphatic rings. The van der Waals surface area contributed by atoms with Gasteiger partial charge in [-0.1, -0.05) is 6.07 Å². The van der Waals surface area contributed by atoms with Gasteiger partial charge in [0.15, 0.2) is 5.58 Å². The summed E-state index contributed by atoms with van der Waals surface area (Å²) in [6.07, 6.45) is 2.49. The number of hydrogen-bond acceptors (Lipinski definition) is 5. The van der Waals surface area contributed by atoms with E-state index in [2.05, 4.69) is 10.3 Å². The number of aromatic nitrogens is 1. The summed E-state index contributed by atoms with van der Waals surface area (Å²) in [4.78, 5) is 15.7. The van der Waals surface area contributed by atoms with Gasteiger partial charge in [-0.25, -0.2) is 9.37 Å². The fourth-order valence-corrected chi connectivity index (χ4v) is 3.73. The van der Waals surface area contributed by atoms with Crippen LogP contribution in [0.2, 0.25) is 0 Å². The van der Waals surface area contributed by atoms with Crippen LogP contribution in [0.25, 0.3) is 22.6 Å². The van der Waals surface area contributed by atoms with Crippen molar-refractivity contribution in [3.63, 3.8) is 0 Å². The second kappa shape index (κ2) is 9.17. The summed E-state index contributed by atoms with van der Waals surface area (Å²) in [6.45, 7) is 3.86. The van der Waals surface area contributed by atoms with Crippen molar-refractivity contribution in [2.24, 2.45) is 5.92 Å². The van der Waals surface area contributed by atoms with E-state index in [4.69, 9.17) is 13.9 Å². The Morgan fingerprint density at radius 3 is 2.62 bits per heavy atom. The first-order valence-electron chi connectivity index (χ1n) is 11.3. The minimum absolute atomic E-state index is 0.231. The number of carbonyl (C=O) groups is 1. The van der Waals surface area contributed by atoms with Gasteiger partial charge in [0.05, 0.1) is 12.6 Å². The number of ether oxygens (including phenoxy) is 2. The second-order valence-electron chi connectivity index (χ2n) is 8.64. The summed E-state index contributed by atoms with van der Waals surface area (Å²) < 4.78 is 32.2. The number of hydrogen-bond donors (Lipinski definition) is 1. The fraction of sp³-hybridized carbons (Fsp3) is 0.259. The lowest BCUT2D eigenvalue weighted by molar-refractivity contribution is -0.119. The molecule has 1 aromatic heterocycles. The Balaban J connectivity index is 1.31. The molecule has 1 amide bonds. The standard InChI is InChI=1S/C27H25FN2O4/c1-16(29-17(2)31)23-13-26-25(14-24(23)28)30-27(34-26)19-8-10-20(11-9-19)33-22-5-3-4-21(12-22)32-15-18-6-7-18/h3-5,8-14,16,18H,6-7,15H2,1-2H3,(H,29,31). The molecule has 3 aromatic carbocycles. The highest BCUT2D eigenvalue weighted by Crippen LogP contribution is 2.32. The van der Waals surface area contributed by atoms with Crippen molar-refractivity contribution in [1.82, 2.24) is 10.3 Å². The molecule has 1 heterocycles. The van der Waals surface area contributed by atoms with E-state index in [0.29, 0.717) is 40.0 Å². The third-order valence-corrected chi connectivity index (χ3v) is 5.72. The third kappa shape index (κ3) is 5.03. The van der Waals surface area contributed by atoms with Crippen molar-refractivity contribution in [2.45, 2.75) is 32.7 Å². The van der Waals surface area contributed by atoms with Gasteiger partial charge in [0, 0.05) is 30.2 Å². The third-order valence-electron chi connectivity index (χ3n) is 5.72. The predicted octanol–water partition coefficient (Wildman–Crippen LogP) is 6.41. The van der Waals surface area contributed by atoms with Crippen LogP contribution < -0.4 is 14.8 Å². The molecule has 174 valence electrons.